The van der Waals surface area contributed by atoms with Crippen molar-refractivity contribution in [2.75, 3.05) is 0 Å². The molecule has 0 aromatic heterocycles. The fraction of sp³-hybridized carbons (Fsp3) is 0.857. The smallest absolute Gasteiger partial charge is 0.328 e. The van der Waals surface area contributed by atoms with Gasteiger partial charge in [0.15, 0.2) is 0 Å². The molecule has 4 nitrogen and oxygen atoms in total. The zero-order chi connectivity index (χ0) is 13.5. The van der Waals surface area contributed by atoms with Crippen molar-refractivity contribution in [3.8, 4) is 0 Å². The first-order valence-electron chi connectivity index (χ1n) is 6.79. The van der Waals surface area contributed by atoms with Gasteiger partial charge < -0.3 is 10.1 Å². The summed E-state index contributed by atoms with van der Waals surface area (Å²) in [6.07, 6.45) is 3.29. The molecular formula is C14H23NO3. The normalized spacial score (nSPS) is 31.4. The van der Waals surface area contributed by atoms with E-state index >= 15 is 0 Å². The van der Waals surface area contributed by atoms with E-state index in [1.54, 1.807) is 6.92 Å². The lowest BCUT2D eigenvalue weighted by molar-refractivity contribution is -0.158. The maximum atomic E-state index is 12.0. The van der Waals surface area contributed by atoms with Gasteiger partial charge in [-0.3, -0.25) is 4.79 Å². The molecule has 3 atom stereocenters. The zero-order valence-electron chi connectivity index (χ0n) is 11.7. The predicted octanol–water partition coefficient (Wildman–Crippen LogP) is 1.88. The molecule has 0 bridgehead atoms. The Hall–Kier alpha value is -1.06. The summed E-state index contributed by atoms with van der Waals surface area (Å²) in [7, 11) is 0. The average molecular weight is 253 g/mol. The van der Waals surface area contributed by atoms with Crippen LogP contribution in [0.3, 0.4) is 0 Å². The van der Waals surface area contributed by atoms with E-state index in [0.717, 1.165) is 24.7 Å². The summed E-state index contributed by atoms with van der Waals surface area (Å²) in [6.45, 7) is 7.15. The molecule has 0 heterocycles. The van der Waals surface area contributed by atoms with Crippen LogP contribution in [0.2, 0.25) is 0 Å². The number of hydrogen-bond acceptors (Lipinski definition) is 3. The molecule has 1 amide bonds. The van der Waals surface area contributed by atoms with Crippen molar-refractivity contribution < 1.29 is 14.3 Å². The Labute approximate surface area is 108 Å². The van der Waals surface area contributed by atoms with Crippen LogP contribution in [0.25, 0.3) is 0 Å². The van der Waals surface area contributed by atoms with Crippen LogP contribution in [0.4, 0.5) is 0 Å². The van der Waals surface area contributed by atoms with Crippen LogP contribution >= 0.6 is 0 Å². The number of esters is 1. The van der Waals surface area contributed by atoms with Gasteiger partial charge in [0.05, 0.1) is 0 Å². The quantitative estimate of drug-likeness (QED) is 0.781. The molecule has 18 heavy (non-hydrogen) atoms. The summed E-state index contributed by atoms with van der Waals surface area (Å²) < 4.78 is 5.24. The van der Waals surface area contributed by atoms with Crippen molar-refractivity contribution in [1.29, 1.82) is 0 Å². The highest BCUT2D eigenvalue weighted by Crippen LogP contribution is 2.54. The molecule has 0 radical (unpaired) electrons. The number of hydrogen-bond donors (Lipinski definition) is 1. The molecule has 2 unspecified atom stereocenters. The molecule has 0 aliphatic heterocycles. The highest BCUT2D eigenvalue weighted by molar-refractivity contribution is 5.85. The highest BCUT2D eigenvalue weighted by atomic mass is 16.6. The van der Waals surface area contributed by atoms with E-state index in [0.29, 0.717) is 0 Å². The predicted molar refractivity (Wildman–Crippen MR) is 67.8 cm³/mol. The van der Waals surface area contributed by atoms with Crippen LogP contribution in [0.5, 0.6) is 0 Å². The number of fused-ring (bicyclic) bond motifs is 1. The molecule has 1 N–H and O–H groups in total. The first-order chi connectivity index (χ1) is 8.26. The molecule has 2 saturated carbocycles. The number of carbonyl (C=O) groups excluding carboxylic acids is 2. The molecule has 2 fully saturated rings. The van der Waals surface area contributed by atoms with Gasteiger partial charge in [-0.25, -0.2) is 4.79 Å². The number of carbonyl (C=O) groups is 2. The molecule has 4 heteroatoms. The van der Waals surface area contributed by atoms with Crippen molar-refractivity contribution >= 4 is 11.9 Å². The van der Waals surface area contributed by atoms with E-state index in [9.17, 15) is 9.59 Å². The van der Waals surface area contributed by atoms with Gasteiger partial charge in [-0.05, 0) is 58.8 Å². The third kappa shape index (κ3) is 3.24. The third-order valence-electron chi connectivity index (χ3n) is 3.73. The topological polar surface area (TPSA) is 55.4 Å². The second-order valence-corrected chi connectivity index (χ2v) is 6.69. The Kier molecular flexibility index (Phi) is 3.39. The lowest BCUT2D eigenvalue weighted by Crippen LogP contribution is -2.44. The SMILES string of the molecule is C[C@H](NC(=O)C1CC2CC2C1)C(=O)OC(C)(C)C. The first-order valence-corrected chi connectivity index (χ1v) is 6.79. The number of ether oxygens (including phenoxy) is 1. The summed E-state index contributed by atoms with van der Waals surface area (Å²) in [5, 5.41) is 2.77. The highest BCUT2D eigenvalue weighted by Gasteiger charge is 2.48. The summed E-state index contributed by atoms with van der Waals surface area (Å²) >= 11 is 0. The standard InChI is InChI=1S/C14H23NO3/c1-8(13(17)18-14(2,3)4)15-12(16)11-6-9-5-10(9)7-11/h8-11H,5-7H2,1-4H3,(H,15,16)/t8-,9?,10?,11?/m0/s1. The second-order valence-electron chi connectivity index (χ2n) is 6.69. The van der Waals surface area contributed by atoms with Crippen LogP contribution in [0.1, 0.15) is 47.0 Å². The zero-order valence-corrected chi connectivity index (χ0v) is 11.7. The van der Waals surface area contributed by atoms with Crippen molar-refractivity contribution in [2.45, 2.75) is 58.6 Å². The molecule has 0 saturated heterocycles. The van der Waals surface area contributed by atoms with Crippen molar-refractivity contribution in [3.05, 3.63) is 0 Å². The fourth-order valence-corrected chi connectivity index (χ4v) is 2.71. The third-order valence-corrected chi connectivity index (χ3v) is 3.73. The van der Waals surface area contributed by atoms with Gasteiger partial charge >= 0.3 is 5.97 Å². The lowest BCUT2D eigenvalue weighted by atomic mass is 10.0. The molecule has 2 rings (SSSR count). The van der Waals surface area contributed by atoms with Gasteiger partial charge in [-0.2, -0.15) is 0 Å². The largest absolute Gasteiger partial charge is 0.458 e. The van der Waals surface area contributed by atoms with E-state index < -0.39 is 11.6 Å². The molecule has 0 aromatic carbocycles. The molecule has 102 valence electrons. The van der Waals surface area contributed by atoms with Gasteiger partial charge in [0, 0.05) is 5.92 Å². The summed E-state index contributed by atoms with van der Waals surface area (Å²) in [5.41, 5.74) is -0.509. The Morgan fingerprint density at radius 1 is 1.17 bits per heavy atom. The minimum Gasteiger partial charge on any atom is -0.458 e. The number of nitrogens with one attached hydrogen (secondary N) is 1. The van der Waals surface area contributed by atoms with Crippen LogP contribution < -0.4 is 5.32 Å². The maximum Gasteiger partial charge on any atom is 0.328 e. The average Bonchev–Trinajstić information content (AvgIpc) is 2.83. The van der Waals surface area contributed by atoms with Gasteiger partial charge in [-0.1, -0.05) is 0 Å². The molecule has 2 aliphatic carbocycles. The van der Waals surface area contributed by atoms with E-state index in [1.807, 2.05) is 20.8 Å². The minimum atomic E-state index is -0.561. The van der Waals surface area contributed by atoms with Crippen LogP contribution in [-0.4, -0.2) is 23.5 Å². The monoisotopic (exact) mass is 253 g/mol. The summed E-state index contributed by atoms with van der Waals surface area (Å²) in [5.74, 6) is 1.31. The molecular weight excluding hydrogens is 230 g/mol. The van der Waals surface area contributed by atoms with Crippen molar-refractivity contribution in [3.63, 3.8) is 0 Å². The Morgan fingerprint density at radius 3 is 2.22 bits per heavy atom. The lowest BCUT2D eigenvalue weighted by Gasteiger charge is -2.23. The van der Waals surface area contributed by atoms with Gasteiger partial charge in [0.2, 0.25) is 5.91 Å². The first kappa shape index (κ1) is 13.4. The van der Waals surface area contributed by atoms with Crippen molar-refractivity contribution in [2.24, 2.45) is 17.8 Å². The van der Waals surface area contributed by atoms with Crippen LogP contribution in [-0.2, 0) is 14.3 Å². The van der Waals surface area contributed by atoms with Gasteiger partial charge in [0.1, 0.15) is 11.6 Å². The Morgan fingerprint density at radius 2 is 1.72 bits per heavy atom. The van der Waals surface area contributed by atoms with Crippen LogP contribution in [0.15, 0.2) is 0 Å². The fourth-order valence-electron chi connectivity index (χ4n) is 2.71. The Balaban J connectivity index is 1.77. The summed E-state index contributed by atoms with van der Waals surface area (Å²) in [4.78, 5) is 23.7. The van der Waals surface area contributed by atoms with Gasteiger partial charge in [-0.15, -0.1) is 0 Å². The molecule has 0 aromatic rings. The minimum absolute atomic E-state index is 0.0144. The van der Waals surface area contributed by atoms with E-state index in [4.69, 9.17) is 4.74 Å². The number of amides is 1. The molecule has 0 spiro atoms. The van der Waals surface area contributed by atoms with Crippen molar-refractivity contribution in [1.82, 2.24) is 5.32 Å². The van der Waals surface area contributed by atoms with E-state index in [-0.39, 0.29) is 17.8 Å². The van der Waals surface area contributed by atoms with Crippen LogP contribution in [0, 0.1) is 17.8 Å². The van der Waals surface area contributed by atoms with Gasteiger partial charge in [0.25, 0.3) is 0 Å². The maximum absolute atomic E-state index is 12.0. The van der Waals surface area contributed by atoms with E-state index in [2.05, 4.69) is 5.32 Å². The Bertz CT molecular complexity index is 349. The number of rotatable bonds is 3. The molecule has 2 aliphatic rings. The summed E-state index contributed by atoms with van der Waals surface area (Å²) in [6, 6.07) is -0.561. The second kappa shape index (κ2) is 4.56. The van der Waals surface area contributed by atoms with E-state index in [1.165, 1.54) is 6.42 Å².